The van der Waals surface area contributed by atoms with Crippen LogP contribution in [0.1, 0.15) is 52.5 Å². The van der Waals surface area contributed by atoms with E-state index in [1.807, 2.05) is 0 Å². The zero-order valence-corrected chi connectivity index (χ0v) is 16.2. The zero-order valence-electron chi connectivity index (χ0n) is 15.4. The highest BCUT2D eigenvalue weighted by molar-refractivity contribution is 6.32. The molecule has 0 saturated heterocycles. The molecule has 0 spiro atoms. The van der Waals surface area contributed by atoms with E-state index in [9.17, 15) is 28.1 Å². The first-order valence-corrected chi connectivity index (χ1v) is 9.34. The highest BCUT2D eigenvalue weighted by atomic mass is 35.5. The number of carbonyl (C=O) groups excluding carboxylic acids is 1. The fraction of sp³-hybridized carbons (Fsp3) is 0.444. The third-order valence-electron chi connectivity index (χ3n) is 4.65. The number of nitrogens with one attached hydrogen (secondary N) is 1. The molecule has 156 valence electrons. The Hall–Kier alpha value is -2.62. The van der Waals surface area contributed by atoms with E-state index in [0.717, 1.165) is 12.8 Å². The van der Waals surface area contributed by atoms with E-state index in [4.69, 9.17) is 11.6 Å². The third-order valence-corrected chi connectivity index (χ3v) is 5.02. The highest BCUT2D eigenvalue weighted by Gasteiger charge is 2.41. The molecule has 1 fully saturated rings. The number of hydrogen-bond acceptors (Lipinski definition) is 4. The number of nitro benzene ring substituents is 1. The van der Waals surface area contributed by atoms with Gasteiger partial charge >= 0.3 is 6.18 Å². The van der Waals surface area contributed by atoms with Crippen LogP contribution < -0.4 is 5.32 Å². The normalized spacial score (nSPS) is 14.1. The van der Waals surface area contributed by atoms with Crippen molar-refractivity contribution in [1.29, 1.82) is 0 Å². The molecule has 1 N–H and O–H groups in total. The molecule has 0 unspecified atom stereocenters. The van der Waals surface area contributed by atoms with Crippen molar-refractivity contribution in [2.24, 2.45) is 0 Å². The smallest absolute Gasteiger partial charge is 0.352 e. The summed E-state index contributed by atoms with van der Waals surface area (Å²) in [5, 5.41) is 16.8. The van der Waals surface area contributed by atoms with Gasteiger partial charge in [0.1, 0.15) is 0 Å². The first kappa shape index (κ1) is 21.1. The summed E-state index contributed by atoms with van der Waals surface area (Å²) >= 11 is 5.92. The second kappa shape index (κ2) is 8.02. The topological polar surface area (TPSA) is 90.1 Å². The molecule has 0 radical (unpaired) electrons. The van der Waals surface area contributed by atoms with Gasteiger partial charge in [-0.05, 0) is 38.3 Å². The van der Waals surface area contributed by atoms with Crippen LogP contribution in [0.2, 0.25) is 5.02 Å². The van der Waals surface area contributed by atoms with E-state index in [-0.39, 0.29) is 35.3 Å². The van der Waals surface area contributed by atoms with Gasteiger partial charge in [0, 0.05) is 36.2 Å². The van der Waals surface area contributed by atoms with Crippen molar-refractivity contribution in [3.8, 4) is 0 Å². The Kier molecular flexibility index (Phi) is 5.83. The number of rotatable bonds is 7. The molecule has 1 heterocycles. The number of nitrogens with zero attached hydrogens (tertiary/aromatic N) is 3. The summed E-state index contributed by atoms with van der Waals surface area (Å²) in [6.45, 7) is 1.92. The Bertz CT molecular complexity index is 955. The van der Waals surface area contributed by atoms with Gasteiger partial charge in [-0.25, -0.2) is 0 Å². The maximum absolute atomic E-state index is 13.1. The lowest BCUT2D eigenvalue weighted by molar-refractivity contribution is -0.385. The Morgan fingerprint density at radius 2 is 2.10 bits per heavy atom. The summed E-state index contributed by atoms with van der Waals surface area (Å²) < 4.78 is 40.5. The summed E-state index contributed by atoms with van der Waals surface area (Å²) in [6.07, 6.45) is -2.71. The molecule has 1 aromatic carbocycles. The number of aromatic nitrogens is 2. The van der Waals surface area contributed by atoms with Crippen molar-refractivity contribution in [2.75, 3.05) is 6.54 Å². The predicted molar refractivity (Wildman–Crippen MR) is 99.0 cm³/mol. The fourth-order valence-electron chi connectivity index (χ4n) is 3.09. The summed E-state index contributed by atoms with van der Waals surface area (Å²) in [5.41, 5.74) is -0.121. The Labute approximate surface area is 169 Å². The van der Waals surface area contributed by atoms with Crippen LogP contribution in [0, 0.1) is 17.0 Å². The molecule has 3 rings (SSSR count). The van der Waals surface area contributed by atoms with Gasteiger partial charge in [-0.1, -0.05) is 11.6 Å². The van der Waals surface area contributed by atoms with Gasteiger partial charge in [-0.2, -0.15) is 18.3 Å². The summed E-state index contributed by atoms with van der Waals surface area (Å²) in [6, 6.07) is 4.03. The number of alkyl halides is 3. The molecule has 0 bridgehead atoms. The number of nitro groups is 1. The second-order valence-corrected chi connectivity index (χ2v) is 7.29. The second-order valence-electron chi connectivity index (χ2n) is 6.91. The lowest BCUT2D eigenvalue weighted by Crippen LogP contribution is -2.25. The van der Waals surface area contributed by atoms with E-state index in [2.05, 4.69) is 10.4 Å². The fourth-order valence-corrected chi connectivity index (χ4v) is 3.48. The number of aryl methyl sites for hydroxylation is 2. The van der Waals surface area contributed by atoms with Crippen molar-refractivity contribution >= 4 is 23.2 Å². The monoisotopic (exact) mass is 430 g/mol. The van der Waals surface area contributed by atoms with E-state index in [1.54, 1.807) is 0 Å². The molecule has 1 amide bonds. The van der Waals surface area contributed by atoms with Gasteiger partial charge in [-0.15, -0.1) is 0 Å². The Morgan fingerprint density at radius 3 is 2.66 bits per heavy atom. The standard InChI is InChI=1S/C18H18ClF3N4O3/c1-10-9-12(5-6-13(10)26(28)29)17(27)23-7-2-8-25-15(11-3-4-11)14(19)16(24-25)18(20,21)22/h5-6,9,11H,2-4,7-8H2,1H3,(H,23,27). The van der Waals surface area contributed by atoms with Crippen LogP contribution in [-0.4, -0.2) is 27.2 Å². The molecule has 1 saturated carbocycles. The molecule has 11 heteroatoms. The minimum absolute atomic E-state index is 0.0104. The lowest BCUT2D eigenvalue weighted by Gasteiger charge is -2.09. The zero-order chi connectivity index (χ0) is 21.3. The van der Waals surface area contributed by atoms with Crippen molar-refractivity contribution in [1.82, 2.24) is 15.1 Å². The van der Waals surface area contributed by atoms with E-state index < -0.39 is 22.7 Å². The molecule has 0 atom stereocenters. The summed E-state index contributed by atoms with van der Waals surface area (Å²) in [5.74, 6) is -0.427. The number of amides is 1. The quantitative estimate of drug-likeness (QED) is 0.398. The summed E-state index contributed by atoms with van der Waals surface area (Å²) in [4.78, 5) is 22.5. The lowest BCUT2D eigenvalue weighted by atomic mass is 10.1. The Morgan fingerprint density at radius 1 is 1.41 bits per heavy atom. The molecule has 29 heavy (non-hydrogen) atoms. The van der Waals surface area contributed by atoms with Gasteiger partial charge in [0.05, 0.1) is 15.6 Å². The van der Waals surface area contributed by atoms with Crippen LogP contribution in [0.4, 0.5) is 18.9 Å². The van der Waals surface area contributed by atoms with Crippen LogP contribution in [0.3, 0.4) is 0 Å². The van der Waals surface area contributed by atoms with Crippen molar-refractivity contribution in [3.05, 3.63) is 55.9 Å². The van der Waals surface area contributed by atoms with Crippen LogP contribution in [0.5, 0.6) is 0 Å². The van der Waals surface area contributed by atoms with Gasteiger partial charge in [0.2, 0.25) is 0 Å². The van der Waals surface area contributed by atoms with Gasteiger partial charge in [0.15, 0.2) is 5.69 Å². The first-order chi connectivity index (χ1) is 13.6. The average molecular weight is 431 g/mol. The van der Waals surface area contributed by atoms with Crippen LogP contribution in [0.25, 0.3) is 0 Å². The van der Waals surface area contributed by atoms with E-state index >= 15 is 0 Å². The molecule has 2 aromatic rings. The number of benzene rings is 1. The number of hydrogen-bond donors (Lipinski definition) is 1. The minimum atomic E-state index is -4.62. The van der Waals surface area contributed by atoms with Crippen molar-refractivity contribution < 1.29 is 22.9 Å². The maximum Gasteiger partial charge on any atom is 0.436 e. The number of carbonyl (C=O) groups is 1. The van der Waals surface area contributed by atoms with E-state index in [0.29, 0.717) is 17.7 Å². The predicted octanol–water partition coefficient (Wildman–Crippen LogP) is 4.47. The van der Waals surface area contributed by atoms with Gasteiger partial charge in [0.25, 0.3) is 11.6 Å². The maximum atomic E-state index is 13.1. The van der Waals surface area contributed by atoms with Crippen LogP contribution in [-0.2, 0) is 12.7 Å². The number of halogens is 4. The molecule has 0 aliphatic heterocycles. The SMILES string of the molecule is Cc1cc(C(=O)NCCCn2nc(C(F)(F)F)c(Cl)c2C2CC2)ccc1[N+](=O)[O-]. The Balaban J connectivity index is 1.60. The van der Waals surface area contributed by atoms with Crippen molar-refractivity contribution in [2.45, 2.75) is 44.8 Å². The highest BCUT2D eigenvalue weighted by Crippen LogP contribution is 2.46. The molecular formula is C18H18ClF3N4O3. The van der Waals surface area contributed by atoms with Crippen molar-refractivity contribution in [3.63, 3.8) is 0 Å². The molecule has 7 nitrogen and oxygen atoms in total. The van der Waals surface area contributed by atoms with Crippen LogP contribution >= 0.6 is 11.6 Å². The largest absolute Gasteiger partial charge is 0.436 e. The summed E-state index contributed by atoms with van der Waals surface area (Å²) in [7, 11) is 0. The van der Waals surface area contributed by atoms with E-state index in [1.165, 1.54) is 29.8 Å². The van der Waals surface area contributed by atoms with Gasteiger partial charge < -0.3 is 5.32 Å². The molecule has 1 aliphatic carbocycles. The molecule has 1 aliphatic rings. The third kappa shape index (κ3) is 4.69. The van der Waals surface area contributed by atoms with Gasteiger partial charge in [-0.3, -0.25) is 19.6 Å². The minimum Gasteiger partial charge on any atom is -0.352 e. The van der Waals surface area contributed by atoms with Crippen LogP contribution in [0.15, 0.2) is 18.2 Å². The molecule has 1 aromatic heterocycles. The first-order valence-electron chi connectivity index (χ1n) is 8.96. The average Bonchev–Trinajstić information content (AvgIpc) is 3.40. The molecular weight excluding hydrogens is 413 g/mol.